The second kappa shape index (κ2) is 12.9. The Morgan fingerprint density at radius 1 is 0.821 bits per heavy atom. The first kappa shape index (κ1) is 26.9. The first-order chi connectivity index (χ1) is 19.1. The molecule has 4 aromatic rings. The van der Waals surface area contributed by atoms with E-state index >= 15 is 0 Å². The maximum Gasteiger partial charge on any atom is 0.234 e. The zero-order valence-corrected chi connectivity index (χ0v) is 23.0. The summed E-state index contributed by atoms with van der Waals surface area (Å²) < 4.78 is 2.01. The molecule has 1 amide bonds. The first-order valence-corrected chi connectivity index (χ1v) is 14.0. The van der Waals surface area contributed by atoms with Gasteiger partial charge in [-0.1, -0.05) is 92.7 Å². The predicted octanol–water partition coefficient (Wildman–Crippen LogP) is 5.09. The Balaban J connectivity index is 1.17. The van der Waals surface area contributed by atoms with Crippen molar-refractivity contribution in [1.82, 2.24) is 24.9 Å². The lowest BCUT2D eigenvalue weighted by Gasteiger charge is -2.39. The van der Waals surface area contributed by atoms with Crippen molar-refractivity contribution in [3.8, 4) is 5.69 Å². The van der Waals surface area contributed by atoms with Crippen molar-refractivity contribution in [2.45, 2.75) is 32.9 Å². The summed E-state index contributed by atoms with van der Waals surface area (Å²) in [6.07, 6.45) is 0.938. The van der Waals surface area contributed by atoms with Gasteiger partial charge in [-0.3, -0.25) is 14.6 Å². The number of amides is 1. The van der Waals surface area contributed by atoms with E-state index in [1.807, 2.05) is 22.9 Å². The third-order valence-electron chi connectivity index (χ3n) is 7.29. The van der Waals surface area contributed by atoms with Crippen LogP contribution in [0.15, 0.2) is 97.1 Å². The molecule has 1 aliphatic rings. The third kappa shape index (κ3) is 7.02. The van der Waals surface area contributed by atoms with E-state index < -0.39 is 0 Å². The van der Waals surface area contributed by atoms with Gasteiger partial charge >= 0.3 is 0 Å². The molecule has 39 heavy (non-hydrogen) atoms. The zero-order chi connectivity index (χ0) is 27.0. The van der Waals surface area contributed by atoms with E-state index in [2.05, 4.69) is 108 Å². The van der Waals surface area contributed by atoms with Crippen molar-refractivity contribution in [2.24, 2.45) is 5.92 Å². The van der Waals surface area contributed by atoms with Crippen molar-refractivity contribution < 1.29 is 4.79 Å². The van der Waals surface area contributed by atoms with E-state index in [9.17, 15) is 4.79 Å². The predicted molar refractivity (Wildman–Crippen MR) is 157 cm³/mol. The quantitative estimate of drug-likeness (QED) is 0.316. The molecule has 1 aliphatic heterocycles. The number of rotatable bonds is 10. The third-order valence-corrected chi connectivity index (χ3v) is 7.29. The Hall–Kier alpha value is -3.74. The van der Waals surface area contributed by atoms with Crippen molar-refractivity contribution in [2.75, 3.05) is 32.7 Å². The van der Waals surface area contributed by atoms with Crippen LogP contribution in [0.3, 0.4) is 0 Å². The number of para-hydroxylation sites is 1. The number of hydrogen-bond donors (Lipinski definition) is 1. The molecule has 6 heteroatoms. The van der Waals surface area contributed by atoms with Gasteiger partial charge in [0.1, 0.15) is 0 Å². The summed E-state index contributed by atoms with van der Waals surface area (Å²) in [7, 11) is 0. The standard InChI is InChI=1S/C33H39N5O/c1-26(2)22-31-23-29(35-38(31)30-16-10-5-11-17-30)24-34-32(39)25-36-18-20-37(21-19-36)33(27-12-6-3-7-13-27)28-14-8-4-9-15-28/h3-17,23,26,33H,18-22,24-25H2,1-2H3,(H,34,39). The molecule has 0 spiro atoms. The molecule has 202 valence electrons. The Labute approximate surface area is 232 Å². The van der Waals surface area contributed by atoms with Crippen LogP contribution in [-0.4, -0.2) is 58.2 Å². The van der Waals surface area contributed by atoms with Gasteiger partial charge in [-0.15, -0.1) is 0 Å². The molecule has 5 rings (SSSR count). The molecule has 3 aromatic carbocycles. The van der Waals surface area contributed by atoms with Gasteiger partial charge in [-0.25, -0.2) is 4.68 Å². The van der Waals surface area contributed by atoms with Gasteiger partial charge in [0.2, 0.25) is 5.91 Å². The highest BCUT2D eigenvalue weighted by atomic mass is 16.2. The molecule has 2 heterocycles. The minimum absolute atomic E-state index is 0.0470. The second-order valence-electron chi connectivity index (χ2n) is 10.8. The van der Waals surface area contributed by atoms with Crippen LogP contribution in [0.4, 0.5) is 0 Å². The van der Waals surface area contributed by atoms with Crippen molar-refractivity contribution in [3.05, 3.63) is 120 Å². The van der Waals surface area contributed by atoms with E-state index in [0.29, 0.717) is 19.0 Å². The minimum Gasteiger partial charge on any atom is -0.349 e. The molecule has 0 aliphatic carbocycles. The average Bonchev–Trinajstić information content (AvgIpc) is 3.36. The molecular weight excluding hydrogens is 482 g/mol. The van der Waals surface area contributed by atoms with Gasteiger partial charge in [-0.05, 0) is 41.7 Å². The molecule has 1 N–H and O–H groups in total. The number of nitrogens with one attached hydrogen (secondary N) is 1. The summed E-state index contributed by atoms with van der Waals surface area (Å²) in [4.78, 5) is 17.7. The number of piperazine rings is 1. The molecular formula is C33H39N5O. The summed E-state index contributed by atoms with van der Waals surface area (Å²) in [5.41, 5.74) is 5.72. The molecule has 0 atom stereocenters. The topological polar surface area (TPSA) is 53.4 Å². The van der Waals surface area contributed by atoms with Crippen LogP contribution in [0.25, 0.3) is 5.69 Å². The van der Waals surface area contributed by atoms with Crippen LogP contribution < -0.4 is 5.32 Å². The number of carbonyl (C=O) groups is 1. The fourth-order valence-corrected chi connectivity index (χ4v) is 5.43. The highest BCUT2D eigenvalue weighted by molar-refractivity contribution is 5.78. The first-order valence-electron chi connectivity index (χ1n) is 14.0. The van der Waals surface area contributed by atoms with Crippen LogP contribution in [0.5, 0.6) is 0 Å². The largest absolute Gasteiger partial charge is 0.349 e. The lowest BCUT2D eigenvalue weighted by atomic mass is 9.96. The number of hydrogen-bond acceptors (Lipinski definition) is 4. The molecule has 0 saturated carbocycles. The number of nitrogens with zero attached hydrogens (tertiary/aromatic N) is 4. The molecule has 1 saturated heterocycles. The lowest BCUT2D eigenvalue weighted by Crippen LogP contribution is -2.50. The summed E-state index contributed by atoms with van der Waals surface area (Å²) >= 11 is 0. The van der Waals surface area contributed by atoms with Gasteiger partial charge in [-0.2, -0.15) is 5.10 Å². The number of aromatic nitrogens is 2. The average molecular weight is 522 g/mol. The number of benzene rings is 3. The Morgan fingerprint density at radius 2 is 1.38 bits per heavy atom. The fraction of sp³-hybridized carbons (Fsp3) is 0.333. The Morgan fingerprint density at radius 3 is 1.95 bits per heavy atom. The van der Waals surface area contributed by atoms with Gasteiger partial charge in [0, 0.05) is 31.9 Å². The highest BCUT2D eigenvalue weighted by Crippen LogP contribution is 2.29. The molecule has 1 aromatic heterocycles. The van der Waals surface area contributed by atoms with Gasteiger partial charge in [0.25, 0.3) is 0 Å². The van der Waals surface area contributed by atoms with Crippen molar-refractivity contribution >= 4 is 5.91 Å². The Kier molecular flexibility index (Phi) is 8.86. The molecule has 6 nitrogen and oxygen atoms in total. The molecule has 0 radical (unpaired) electrons. The maximum atomic E-state index is 12.9. The SMILES string of the molecule is CC(C)Cc1cc(CNC(=O)CN2CCN(C(c3ccccc3)c3ccccc3)CC2)nn1-c1ccccc1. The normalized spacial score (nSPS) is 14.7. The van der Waals surface area contributed by atoms with E-state index in [1.165, 1.54) is 16.8 Å². The molecule has 1 fully saturated rings. The van der Waals surface area contributed by atoms with E-state index in [0.717, 1.165) is 44.0 Å². The van der Waals surface area contributed by atoms with Crippen molar-refractivity contribution in [3.63, 3.8) is 0 Å². The van der Waals surface area contributed by atoms with Crippen LogP contribution >= 0.6 is 0 Å². The Bertz CT molecular complexity index is 1270. The van der Waals surface area contributed by atoms with Crippen molar-refractivity contribution in [1.29, 1.82) is 0 Å². The second-order valence-corrected chi connectivity index (χ2v) is 10.8. The van der Waals surface area contributed by atoms with Gasteiger partial charge in [0.15, 0.2) is 0 Å². The van der Waals surface area contributed by atoms with Crippen LogP contribution in [0, 0.1) is 5.92 Å². The minimum atomic E-state index is 0.0470. The molecule has 0 bridgehead atoms. The van der Waals surface area contributed by atoms with Crippen LogP contribution in [-0.2, 0) is 17.8 Å². The van der Waals surface area contributed by atoms with E-state index in [-0.39, 0.29) is 11.9 Å². The summed E-state index contributed by atoms with van der Waals surface area (Å²) in [5, 5.41) is 7.93. The highest BCUT2D eigenvalue weighted by Gasteiger charge is 2.27. The summed E-state index contributed by atoms with van der Waals surface area (Å²) in [6, 6.07) is 34.0. The van der Waals surface area contributed by atoms with Crippen LogP contribution in [0.2, 0.25) is 0 Å². The summed E-state index contributed by atoms with van der Waals surface area (Å²) in [5.74, 6) is 0.569. The zero-order valence-electron chi connectivity index (χ0n) is 23.0. The van der Waals surface area contributed by atoms with Crippen LogP contribution in [0.1, 0.15) is 42.4 Å². The van der Waals surface area contributed by atoms with E-state index in [1.54, 1.807) is 0 Å². The maximum absolute atomic E-state index is 12.9. The monoisotopic (exact) mass is 521 g/mol. The molecule has 0 unspecified atom stereocenters. The fourth-order valence-electron chi connectivity index (χ4n) is 5.43. The lowest BCUT2D eigenvalue weighted by molar-refractivity contribution is -0.122. The van der Waals surface area contributed by atoms with Gasteiger partial charge < -0.3 is 5.32 Å². The van der Waals surface area contributed by atoms with E-state index in [4.69, 9.17) is 5.10 Å². The van der Waals surface area contributed by atoms with Gasteiger partial charge in [0.05, 0.1) is 30.5 Å². The summed E-state index contributed by atoms with van der Waals surface area (Å²) in [6.45, 7) is 8.84. The smallest absolute Gasteiger partial charge is 0.234 e. The number of carbonyl (C=O) groups excluding carboxylic acids is 1.